The van der Waals surface area contributed by atoms with Gasteiger partial charge in [-0.2, -0.15) is 0 Å². The summed E-state index contributed by atoms with van der Waals surface area (Å²) in [6, 6.07) is -0.991. The number of nitrogens with zero attached hydrogens (tertiary/aromatic N) is 3. The summed E-state index contributed by atoms with van der Waals surface area (Å²) in [4.78, 5) is 41.3. The minimum atomic E-state index is -1.25. The van der Waals surface area contributed by atoms with Crippen molar-refractivity contribution in [3.63, 3.8) is 0 Å². The van der Waals surface area contributed by atoms with Crippen molar-refractivity contribution in [3.05, 3.63) is 34.0 Å². The number of carboxylic acid groups (broad SMARTS) is 1. The average molecular weight is 430 g/mol. The molecule has 1 aromatic rings. The summed E-state index contributed by atoms with van der Waals surface area (Å²) < 4.78 is 0.0516. The number of halogens is 1. The second-order valence-electron chi connectivity index (χ2n) is 5.37. The molecule has 2 amide bonds. The van der Waals surface area contributed by atoms with E-state index < -0.39 is 34.9 Å². The number of nitrogen functional groups attached to an aromatic ring is 1. The molecule has 2 aliphatic heterocycles. The van der Waals surface area contributed by atoms with E-state index in [4.69, 9.17) is 22.5 Å². The van der Waals surface area contributed by atoms with Crippen molar-refractivity contribution in [2.75, 3.05) is 11.5 Å². The number of hydrogen-bond donors (Lipinski definition) is 4. The number of fused-ring (bicyclic) bond motifs is 1. The van der Waals surface area contributed by atoms with Gasteiger partial charge in [-0.25, -0.2) is 9.78 Å². The summed E-state index contributed by atoms with van der Waals surface area (Å²) in [6.07, 6.45) is 1.39. The summed E-state index contributed by atoms with van der Waals surface area (Å²) >= 11 is 8.09. The number of allylic oxidation sites excluding steroid dienone is 1. The zero-order valence-electron chi connectivity index (χ0n) is 13.4. The highest BCUT2D eigenvalue weighted by Crippen LogP contribution is 2.40. The molecule has 27 heavy (non-hydrogen) atoms. The zero-order valence-corrected chi connectivity index (χ0v) is 15.8. The molecule has 3 rings (SSSR count). The molecule has 13 heteroatoms. The van der Waals surface area contributed by atoms with Gasteiger partial charge in [-0.1, -0.05) is 40.7 Å². The van der Waals surface area contributed by atoms with Gasteiger partial charge >= 0.3 is 5.97 Å². The fourth-order valence-corrected chi connectivity index (χ4v) is 4.94. The Morgan fingerprint density at radius 3 is 2.74 bits per heavy atom. The van der Waals surface area contributed by atoms with Gasteiger partial charge in [-0.05, 0) is 5.57 Å². The van der Waals surface area contributed by atoms with Crippen LogP contribution in [0.3, 0.4) is 0 Å². The molecule has 0 aliphatic carbocycles. The van der Waals surface area contributed by atoms with Gasteiger partial charge in [0.25, 0.3) is 11.8 Å². The van der Waals surface area contributed by atoms with Crippen LogP contribution in [0.25, 0.3) is 0 Å². The third-order valence-corrected chi connectivity index (χ3v) is 6.26. The lowest BCUT2D eigenvalue weighted by Crippen LogP contribution is -2.71. The summed E-state index contributed by atoms with van der Waals surface area (Å²) in [6.45, 7) is 3.56. The molecule has 0 saturated carbocycles. The van der Waals surface area contributed by atoms with E-state index in [1.165, 1.54) is 17.8 Å². The Balaban J connectivity index is 1.80. The first-order valence-electron chi connectivity index (χ1n) is 7.28. The van der Waals surface area contributed by atoms with Gasteiger partial charge in [0.05, 0.1) is 0 Å². The van der Waals surface area contributed by atoms with Crippen LogP contribution in [-0.2, 0) is 14.4 Å². The Kier molecular flexibility index (Phi) is 5.13. The number of carboxylic acids is 1. The number of anilines is 1. The number of aromatic nitrogens is 1. The SMILES string of the molecule is C=CC1=C(C(=O)O)N2C(=O)[C@@H](NC(=O)/C(=N\O)c3nc(N)sc3Cl)[C@H]2SC1. The first-order chi connectivity index (χ1) is 12.8. The lowest BCUT2D eigenvalue weighted by molar-refractivity contribution is -0.150. The molecule has 2 aliphatic rings. The molecule has 10 nitrogen and oxygen atoms in total. The minimum Gasteiger partial charge on any atom is -0.477 e. The first-order valence-corrected chi connectivity index (χ1v) is 9.53. The van der Waals surface area contributed by atoms with Gasteiger partial charge in [-0.15, -0.1) is 11.8 Å². The molecule has 0 spiro atoms. The van der Waals surface area contributed by atoms with Crippen LogP contribution < -0.4 is 11.1 Å². The van der Waals surface area contributed by atoms with E-state index in [1.807, 2.05) is 0 Å². The molecular formula is C14H12ClN5O5S2. The van der Waals surface area contributed by atoms with Crippen molar-refractivity contribution in [1.82, 2.24) is 15.2 Å². The number of nitrogens with two attached hydrogens (primary N) is 1. The largest absolute Gasteiger partial charge is 0.477 e. The molecule has 3 heterocycles. The van der Waals surface area contributed by atoms with Crippen LogP contribution in [0.2, 0.25) is 4.34 Å². The van der Waals surface area contributed by atoms with E-state index in [0.717, 1.165) is 16.2 Å². The van der Waals surface area contributed by atoms with Crippen LogP contribution in [0.4, 0.5) is 5.13 Å². The van der Waals surface area contributed by atoms with Crippen LogP contribution in [0.5, 0.6) is 0 Å². The van der Waals surface area contributed by atoms with Crippen molar-refractivity contribution >= 4 is 63.3 Å². The fourth-order valence-electron chi connectivity index (χ4n) is 2.67. The van der Waals surface area contributed by atoms with Gasteiger partial charge in [0.2, 0.25) is 0 Å². The zero-order chi connectivity index (χ0) is 19.9. The maximum Gasteiger partial charge on any atom is 0.352 e. The number of amides is 2. The molecule has 2 atom stereocenters. The van der Waals surface area contributed by atoms with Crippen LogP contribution in [-0.4, -0.2) is 60.9 Å². The molecule has 1 aromatic heterocycles. The number of β-lactam (4-membered cyclic amide) rings is 1. The molecule has 1 saturated heterocycles. The van der Waals surface area contributed by atoms with E-state index >= 15 is 0 Å². The van der Waals surface area contributed by atoms with Gasteiger partial charge in [0.15, 0.2) is 10.8 Å². The van der Waals surface area contributed by atoms with Crippen molar-refractivity contribution in [2.45, 2.75) is 11.4 Å². The number of rotatable bonds is 5. The lowest BCUT2D eigenvalue weighted by atomic mass is 10.0. The van der Waals surface area contributed by atoms with Crippen LogP contribution >= 0.6 is 34.7 Å². The van der Waals surface area contributed by atoms with Crippen LogP contribution in [0.15, 0.2) is 29.1 Å². The van der Waals surface area contributed by atoms with E-state index in [9.17, 15) is 19.5 Å². The third-order valence-electron chi connectivity index (χ3n) is 3.88. The standard InChI is InChI=1S/C14H12ClN5O5S2/c1-2-4-3-26-12-7(11(22)20(12)8(4)13(23)24)17-10(21)6(19-25)5-9(15)27-14(16)18-5/h2,7,12,25H,1,3H2,(H2,16,18)(H,17,21)(H,23,24)/b19-6-/t7-,12-/m1/s1. The monoisotopic (exact) mass is 429 g/mol. The van der Waals surface area contributed by atoms with Crippen molar-refractivity contribution in [2.24, 2.45) is 5.16 Å². The maximum absolute atomic E-state index is 12.4. The molecule has 142 valence electrons. The Morgan fingerprint density at radius 2 is 2.22 bits per heavy atom. The van der Waals surface area contributed by atoms with Crippen LogP contribution in [0.1, 0.15) is 5.69 Å². The number of thioether (sulfide) groups is 1. The normalized spacial score (nSPS) is 22.2. The number of carbonyl (C=O) groups is 3. The average Bonchev–Trinajstić information content (AvgIpc) is 2.96. The predicted molar refractivity (Wildman–Crippen MR) is 99.7 cm³/mol. The van der Waals surface area contributed by atoms with Crippen molar-refractivity contribution in [3.8, 4) is 0 Å². The van der Waals surface area contributed by atoms with Gasteiger partial charge in [0.1, 0.15) is 27.1 Å². The second-order valence-corrected chi connectivity index (χ2v) is 8.10. The summed E-state index contributed by atoms with van der Waals surface area (Å²) in [5.41, 5.74) is 5.16. The number of aliphatic carboxylic acids is 1. The highest BCUT2D eigenvalue weighted by molar-refractivity contribution is 8.00. The van der Waals surface area contributed by atoms with Gasteiger partial charge in [0, 0.05) is 5.75 Å². The summed E-state index contributed by atoms with van der Waals surface area (Å²) in [5.74, 6) is -2.42. The van der Waals surface area contributed by atoms with E-state index in [0.29, 0.717) is 11.3 Å². The Bertz CT molecular complexity index is 927. The lowest BCUT2D eigenvalue weighted by Gasteiger charge is -2.49. The number of nitrogens with one attached hydrogen (secondary N) is 1. The Hall–Kier alpha value is -2.57. The first kappa shape index (κ1) is 19.2. The quantitative estimate of drug-likeness (QED) is 0.228. The van der Waals surface area contributed by atoms with Gasteiger partial charge < -0.3 is 21.4 Å². The molecule has 0 aromatic carbocycles. The molecular weight excluding hydrogens is 418 g/mol. The van der Waals surface area contributed by atoms with E-state index in [1.54, 1.807) is 0 Å². The fraction of sp³-hybridized carbons (Fsp3) is 0.214. The Morgan fingerprint density at radius 1 is 1.52 bits per heavy atom. The van der Waals surface area contributed by atoms with Crippen molar-refractivity contribution < 1.29 is 24.7 Å². The summed E-state index contributed by atoms with van der Waals surface area (Å²) in [5, 5.41) is 23.3. The maximum atomic E-state index is 12.4. The molecule has 0 unspecified atom stereocenters. The number of carbonyl (C=O) groups excluding carboxylic acids is 2. The highest BCUT2D eigenvalue weighted by Gasteiger charge is 2.54. The molecule has 0 bridgehead atoms. The molecule has 0 radical (unpaired) electrons. The Labute approximate surface area is 165 Å². The summed E-state index contributed by atoms with van der Waals surface area (Å²) in [7, 11) is 0. The van der Waals surface area contributed by atoms with E-state index in [-0.39, 0.29) is 20.9 Å². The minimum absolute atomic E-state index is 0.0516. The van der Waals surface area contributed by atoms with Crippen molar-refractivity contribution in [1.29, 1.82) is 0 Å². The van der Waals surface area contributed by atoms with E-state index in [2.05, 4.69) is 22.0 Å². The molecule has 1 fully saturated rings. The van der Waals surface area contributed by atoms with Gasteiger partial charge in [-0.3, -0.25) is 14.5 Å². The number of hydrogen-bond acceptors (Lipinski definition) is 9. The second kappa shape index (κ2) is 7.21. The smallest absolute Gasteiger partial charge is 0.352 e. The molecule has 5 N–H and O–H groups in total. The highest BCUT2D eigenvalue weighted by atomic mass is 35.5. The predicted octanol–water partition coefficient (Wildman–Crippen LogP) is 0.482. The number of thiazole rings is 1. The third kappa shape index (κ3) is 3.15. The topological polar surface area (TPSA) is 158 Å². The number of oxime groups is 1. The van der Waals surface area contributed by atoms with Crippen LogP contribution in [0, 0.1) is 0 Å².